The van der Waals surface area contributed by atoms with Crippen LogP contribution in [0.15, 0.2) is 47.1 Å². The lowest BCUT2D eigenvalue weighted by Crippen LogP contribution is -2.03. The monoisotopic (exact) mass is 383 g/mol. The number of benzene rings is 1. The summed E-state index contributed by atoms with van der Waals surface area (Å²) in [4.78, 5) is 29.0. The van der Waals surface area contributed by atoms with Crippen LogP contribution in [0.4, 0.5) is 0 Å². The molecule has 0 N–H and O–H groups in total. The summed E-state index contributed by atoms with van der Waals surface area (Å²) in [5.41, 5.74) is 1.96. The molecule has 0 aliphatic rings. The normalized spacial score (nSPS) is 10.9. The molecule has 1 aromatic carbocycles. The smallest absolute Gasteiger partial charge is 0.374 e. The molecule has 0 aliphatic carbocycles. The number of aromatic nitrogens is 1. The number of hydrogen-bond donors (Lipinski definition) is 0. The minimum absolute atomic E-state index is 0.110. The molecule has 0 aliphatic heterocycles. The molecule has 0 bridgehead atoms. The first-order valence-corrected chi connectivity index (χ1v) is 9.03. The summed E-state index contributed by atoms with van der Waals surface area (Å²) in [5, 5.41) is 0.605. The van der Waals surface area contributed by atoms with Gasteiger partial charge >= 0.3 is 11.9 Å². The van der Waals surface area contributed by atoms with Crippen LogP contribution < -0.4 is 0 Å². The molecule has 0 unspecified atom stereocenters. The molecular weight excluding hydrogens is 366 g/mol. The summed E-state index contributed by atoms with van der Waals surface area (Å²) >= 11 is 1.23. The highest BCUT2D eigenvalue weighted by molar-refractivity contribution is 7.15. The lowest BCUT2D eigenvalue weighted by Gasteiger charge is -2.01. The third-order valence-electron chi connectivity index (χ3n) is 3.62. The number of thiazole rings is 1. The maximum absolute atomic E-state index is 12.3. The second-order valence-electron chi connectivity index (χ2n) is 5.35. The van der Waals surface area contributed by atoms with Crippen molar-refractivity contribution in [1.29, 1.82) is 0 Å². The van der Waals surface area contributed by atoms with Crippen molar-refractivity contribution in [1.82, 2.24) is 4.98 Å². The zero-order valence-corrected chi connectivity index (χ0v) is 15.6. The first-order chi connectivity index (χ1) is 13.1. The summed E-state index contributed by atoms with van der Waals surface area (Å²) in [6, 6.07) is 11.1. The Morgan fingerprint density at radius 3 is 2.63 bits per heavy atom. The topological polar surface area (TPSA) is 78.6 Å². The molecule has 0 spiro atoms. The van der Waals surface area contributed by atoms with Gasteiger partial charge in [-0.3, -0.25) is 0 Å². The second kappa shape index (κ2) is 8.46. The molecule has 3 aromatic rings. The molecule has 0 radical (unpaired) electrons. The summed E-state index contributed by atoms with van der Waals surface area (Å²) in [6.45, 7) is 2.04. The van der Waals surface area contributed by atoms with Crippen LogP contribution in [0.1, 0.15) is 37.7 Å². The van der Waals surface area contributed by atoms with Crippen molar-refractivity contribution in [2.45, 2.75) is 6.92 Å². The van der Waals surface area contributed by atoms with Gasteiger partial charge in [-0.1, -0.05) is 30.3 Å². The van der Waals surface area contributed by atoms with Crippen molar-refractivity contribution in [3.05, 3.63) is 63.9 Å². The van der Waals surface area contributed by atoms with Gasteiger partial charge in [-0.25, -0.2) is 14.6 Å². The molecule has 0 fully saturated rings. The highest BCUT2D eigenvalue weighted by atomic mass is 32.1. The lowest BCUT2D eigenvalue weighted by molar-refractivity contribution is 0.0530. The van der Waals surface area contributed by atoms with Crippen LogP contribution in [0, 0.1) is 0 Å². The van der Waals surface area contributed by atoms with Crippen molar-refractivity contribution >= 4 is 35.4 Å². The molecule has 0 saturated carbocycles. The number of furan rings is 1. The predicted octanol–water partition coefficient (Wildman–Crippen LogP) is 4.54. The van der Waals surface area contributed by atoms with E-state index in [4.69, 9.17) is 9.15 Å². The van der Waals surface area contributed by atoms with Crippen LogP contribution in [-0.4, -0.2) is 30.6 Å². The van der Waals surface area contributed by atoms with Crippen molar-refractivity contribution in [3.63, 3.8) is 0 Å². The summed E-state index contributed by atoms with van der Waals surface area (Å²) in [7, 11) is 1.29. The number of nitrogens with zero attached hydrogens (tertiary/aromatic N) is 1. The fourth-order valence-corrected chi connectivity index (χ4v) is 3.29. The second-order valence-corrected chi connectivity index (χ2v) is 6.38. The van der Waals surface area contributed by atoms with Crippen LogP contribution >= 0.6 is 11.3 Å². The zero-order chi connectivity index (χ0) is 19.2. The predicted molar refractivity (Wildman–Crippen MR) is 102 cm³/mol. The molecule has 3 rings (SSSR count). The number of carbonyl (C=O) groups excluding carboxylic acids is 2. The highest BCUT2D eigenvalue weighted by Gasteiger charge is 2.20. The molecule has 2 heterocycles. The average molecular weight is 383 g/mol. The summed E-state index contributed by atoms with van der Waals surface area (Å²) in [6.07, 6.45) is 4.82. The first kappa shape index (κ1) is 18.6. The van der Waals surface area contributed by atoms with Gasteiger partial charge in [0.1, 0.15) is 9.88 Å². The standard InChI is InChI=1S/C20H17NO5S/c1-3-25-20(23)18-16(13-7-5-4-6-8-13)21-15(27-18)10-9-14-11-12-26-17(14)19(22)24-2/h4-12H,3H2,1-2H3. The average Bonchev–Trinajstić information content (AvgIpc) is 3.33. The van der Waals surface area contributed by atoms with Gasteiger partial charge in [-0.2, -0.15) is 0 Å². The minimum Gasteiger partial charge on any atom is -0.463 e. The van der Waals surface area contributed by atoms with Gasteiger partial charge in [0.25, 0.3) is 0 Å². The van der Waals surface area contributed by atoms with E-state index in [9.17, 15) is 9.59 Å². The molecule has 2 aromatic heterocycles. The largest absolute Gasteiger partial charge is 0.463 e. The number of methoxy groups -OCH3 is 1. The van der Waals surface area contributed by atoms with Crippen molar-refractivity contribution < 1.29 is 23.5 Å². The Morgan fingerprint density at radius 2 is 1.93 bits per heavy atom. The van der Waals surface area contributed by atoms with E-state index in [1.807, 2.05) is 30.3 Å². The fraction of sp³-hybridized carbons (Fsp3) is 0.150. The Balaban J connectivity index is 1.96. The molecule has 6 nitrogen and oxygen atoms in total. The van der Waals surface area contributed by atoms with Gasteiger partial charge in [0.05, 0.1) is 25.7 Å². The van der Waals surface area contributed by atoms with Crippen molar-refractivity contribution in [3.8, 4) is 11.3 Å². The Hall–Kier alpha value is -3.19. The molecule has 0 atom stereocenters. The SMILES string of the molecule is CCOC(=O)c1sc(C=Cc2ccoc2C(=O)OC)nc1-c1ccccc1. The lowest BCUT2D eigenvalue weighted by atomic mass is 10.1. The minimum atomic E-state index is -0.559. The van der Waals surface area contributed by atoms with Crippen LogP contribution in [0.3, 0.4) is 0 Å². The third kappa shape index (κ3) is 4.15. The molecular formula is C20H17NO5S. The van der Waals surface area contributed by atoms with Gasteiger partial charge in [0, 0.05) is 11.1 Å². The van der Waals surface area contributed by atoms with E-state index in [2.05, 4.69) is 9.72 Å². The summed E-state index contributed by atoms with van der Waals surface area (Å²) in [5.74, 6) is -0.859. The quantitative estimate of drug-likeness (QED) is 0.582. The molecule has 138 valence electrons. The first-order valence-electron chi connectivity index (χ1n) is 8.21. The van der Waals surface area contributed by atoms with Crippen LogP contribution in [-0.2, 0) is 9.47 Å². The molecule has 7 heteroatoms. The Morgan fingerprint density at radius 1 is 1.15 bits per heavy atom. The molecule has 27 heavy (non-hydrogen) atoms. The number of esters is 2. The van der Waals surface area contributed by atoms with Crippen molar-refractivity contribution in [2.75, 3.05) is 13.7 Å². The van der Waals surface area contributed by atoms with Gasteiger partial charge < -0.3 is 13.9 Å². The van der Waals surface area contributed by atoms with Crippen LogP contribution in [0.2, 0.25) is 0 Å². The van der Waals surface area contributed by atoms with E-state index in [1.54, 1.807) is 25.1 Å². The number of carbonyl (C=O) groups is 2. The maximum atomic E-state index is 12.3. The number of hydrogen-bond acceptors (Lipinski definition) is 7. The van der Waals surface area contributed by atoms with Gasteiger partial charge in [0.2, 0.25) is 5.76 Å². The Kier molecular flexibility index (Phi) is 5.83. The van der Waals surface area contributed by atoms with E-state index < -0.39 is 11.9 Å². The summed E-state index contributed by atoms with van der Waals surface area (Å²) < 4.78 is 15.0. The van der Waals surface area contributed by atoms with Gasteiger partial charge in [-0.15, -0.1) is 11.3 Å². The maximum Gasteiger partial charge on any atom is 0.374 e. The molecule has 0 saturated heterocycles. The Labute approximate surface area is 160 Å². The van der Waals surface area contributed by atoms with E-state index >= 15 is 0 Å². The van der Waals surface area contributed by atoms with Crippen LogP contribution in [0.5, 0.6) is 0 Å². The van der Waals surface area contributed by atoms with Gasteiger partial charge in [0.15, 0.2) is 0 Å². The zero-order valence-electron chi connectivity index (χ0n) is 14.8. The van der Waals surface area contributed by atoms with E-state index in [0.29, 0.717) is 21.1 Å². The van der Waals surface area contributed by atoms with Crippen LogP contribution in [0.25, 0.3) is 23.4 Å². The fourth-order valence-electron chi connectivity index (χ4n) is 2.40. The van der Waals surface area contributed by atoms with E-state index in [-0.39, 0.29) is 12.4 Å². The van der Waals surface area contributed by atoms with E-state index in [0.717, 1.165) is 5.56 Å². The Bertz CT molecular complexity index is 971. The highest BCUT2D eigenvalue weighted by Crippen LogP contribution is 2.30. The third-order valence-corrected chi connectivity index (χ3v) is 4.62. The van der Waals surface area contributed by atoms with E-state index in [1.165, 1.54) is 24.7 Å². The van der Waals surface area contributed by atoms with Gasteiger partial charge in [-0.05, 0) is 25.1 Å². The number of ether oxygens (including phenoxy) is 2. The number of rotatable bonds is 6. The molecule has 0 amide bonds. The van der Waals surface area contributed by atoms with Crippen molar-refractivity contribution in [2.24, 2.45) is 0 Å².